The molecule has 4 N–H and O–H groups in total. The summed E-state index contributed by atoms with van der Waals surface area (Å²) in [6, 6.07) is 8.22. The Hall–Kier alpha value is -1.06. The number of benzene rings is 1. The fourth-order valence-corrected chi connectivity index (χ4v) is 1.56. The molecule has 1 unspecified atom stereocenters. The summed E-state index contributed by atoms with van der Waals surface area (Å²) in [7, 11) is 0. The lowest BCUT2D eigenvalue weighted by atomic mass is 10.1. The van der Waals surface area contributed by atoms with Gasteiger partial charge in [-0.3, -0.25) is 0 Å². The van der Waals surface area contributed by atoms with Gasteiger partial charge >= 0.3 is 0 Å². The molecule has 0 spiro atoms. The molecule has 1 atom stereocenters. The molecule has 0 bridgehead atoms. The number of nitrogens with one attached hydrogen (secondary N) is 1. The largest absolute Gasteiger partial charge is 0.398 e. The zero-order valence-corrected chi connectivity index (χ0v) is 9.24. The SMILES string of the molecule is CCC(CCO)NCc1ccccc1N. The van der Waals surface area contributed by atoms with Gasteiger partial charge in [-0.15, -0.1) is 0 Å². The Morgan fingerprint density at radius 2 is 2.13 bits per heavy atom. The van der Waals surface area contributed by atoms with Crippen molar-refractivity contribution in [3.8, 4) is 0 Å². The summed E-state index contributed by atoms with van der Waals surface area (Å²) in [5.41, 5.74) is 7.78. The van der Waals surface area contributed by atoms with Crippen LogP contribution in [-0.4, -0.2) is 17.8 Å². The van der Waals surface area contributed by atoms with Gasteiger partial charge in [0.1, 0.15) is 0 Å². The number of aliphatic hydroxyl groups is 1. The zero-order valence-electron chi connectivity index (χ0n) is 9.24. The van der Waals surface area contributed by atoms with Gasteiger partial charge < -0.3 is 16.2 Å². The van der Waals surface area contributed by atoms with Crippen LogP contribution >= 0.6 is 0 Å². The molecule has 0 amide bonds. The number of rotatable bonds is 6. The minimum Gasteiger partial charge on any atom is -0.398 e. The van der Waals surface area contributed by atoms with Crippen LogP contribution in [0.4, 0.5) is 5.69 Å². The lowest BCUT2D eigenvalue weighted by Crippen LogP contribution is -2.29. The maximum Gasteiger partial charge on any atom is 0.0445 e. The second-order valence-electron chi connectivity index (χ2n) is 3.70. The number of hydrogen-bond donors (Lipinski definition) is 3. The summed E-state index contributed by atoms with van der Waals surface area (Å²) in [4.78, 5) is 0. The highest BCUT2D eigenvalue weighted by Crippen LogP contribution is 2.10. The Morgan fingerprint density at radius 1 is 1.40 bits per heavy atom. The molecule has 0 saturated carbocycles. The third kappa shape index (κ3) is 3.90. The minimum atomic E-state index is 0.232. The molecule has 15 heavy (non-hydrogen) atoms. The van der Waals surface area contributed by atoms with Gasteiger partial charge in [0.15, 0.2) is 0 Å². The Balaban J connectivity index is 2.45. The molecule has 0 radical (unpaired) electrons. The number of nitrogens with two attached hydrogens (primary N) is 1. The second kappa shape index (κ2) is 6.43. The minimum absolute atomic E-state index is 0.232. The molecule has 0 fully saturated rings. The number of para-hydroxylation sites is 1. The first-order valence-corrected chi connectivity index (χ1v) is 5.45. The van der Waals surface area contributed by atoms with Crippen LogP contribution in [0.5, 0.6) is 0 Å². The molecule has 1 aromatic rings. The van der Waals surface area contributed by atoms with Gasteiger partial charge in [-0.1, -0.05) is 25.1 Å². The van der Waals surface area contributed by atoms with E-state index in [1.807, 2.05) is 24.3 Å². The van der Waals surface area contributed by atoms with Crippen LogP contribution in [0, 0.1) is 0 Å². The van der Waals surface area contributed by atoms with E-state index in [0.717, 1.165) is 30.6 Å². The fourth-order valence-electron chi connectivity index (χ4n) is 1.56. The Labute approximate surface area is 91.3 Å². The molecule has 0 saturated heterocycles. The number of anilines is 1. The van der Waals surface area contributed by atoms with E-state index in [-0.39, 0.29) is 6.61 Å². The van der Waals surface area contributed by atoms with E-state index >= 15 is 0 Å². The topological polar surface area (TPSA) is 58.3 Å². The maximum absolute atomic E-state index is 8.85. The summed E-state index contributed by atoms with van der Waals surface area (Å²) in [6.45, 7) is 3.11. The van der Waals surface area contributed by atoms with E-state index in [1.54, 1.807) is 0 Å². The molecule has 1 rings (SSSR count). The van der Waals surface area contributed by atoms with Gasteiger partial charge in [0.05, 0.1) is 0 Å². The van der Waals surface area contributed by atoms with Gasteiger partial charge in [0.25, 0.3) is 0 Å². The molecule has 3 heteroatoms. The van der Waals surface area contributed by atoms with Crippen molar-refractivity contribution in [3.05, 3.63) is 29.8 Å². The molecule has 84 valence electrons. The van der Waals surface area contributed by atoms with Crippen molar-refractivity contribution >= 4 is 5.69 Å². The molecule has 0 aromatic heterocycles. The maximum atomic E-state index is 8.85. The fraction of sp³-hybridized carbons (Fsp3) is 0.500. The molecule has 0 aliphatic heterocycles. The monoisotopic (exact) mass is 208 g/mol. The van der Waals surface area contributed by atoms with E-state index in [0.29, 0.717) is 6.04 Å². The Bertz CT molecular complexity index is 289. The number of aliphatic hydroxyl groups excluding tert-OH is 1. The van der Waals surface area contributed by atoms with Crippen molar-refractivity contribution in [3.63, 3.8) is 0 Å². The van der Waals surface area contributed by atoms with Crippen LogP contribution in [0.15, 0.2) is 24.3 Å². The van der Waals surface area contributed by atoms with Gasteiger partial charge in [0.2, 0.25) is 0 Å². The smallest absolute Gasteiger partial charge is 0.0445 e. The van der Waals surface area contributed by atoms with Crippen LogP contribution in [0.1, 0.15) is 25.3 Å². The highest BCUT2D eigenvalue weighted by atomic mass is 16.3. The third-order valence-electron chi connectivity index (χ3n) is 2.61. The first kappa shape index (κ1) is 12.0. The molecular weight excluding hydrogens is 188 g/mol. The van der Waals surface area contributed by atoms with Gasteiger partial charge in [0, 0.05) is 24.9 Å². The third-order valence-corrected chi connectivity index (χ3v) is 2.61. The highest BCUT2D eigenvalue weighted by molar-refractivity contribution is 5.46. The van der Waals surface area contributed by atoms with Gasteiger partial charge in [-0.05, 0) is 24.5 Å². The molecular formula is C12H20N2O. The van der Waals surface area contributed by atoms with E-state index < -0.39 is 0 Å². The standard InChI is InChI=1S/C12H20N2O/c1-2-11(7-8-15)14-9-10-5-3-4-6-12(10)13/h3-6,11,14-15H,2,7-9,13H2,1H3. The van der Waals surface area contributed by atoms with Crippen LogP contribution in [-0.2, 0) is 6.54 Å². The van der Waals surface area contributed by atoms with Crippen LogP contribution in [0.3, 0.4) is 0 Å². The molecule has 0 aliphatic rings. The van der Waals surface area contributed by atoms with E-state index in [9.17, 15) is 0 Å². The van der Waals surface area contributed by atoms with Crippen LogP contribution in [0.2, 0.25) is 0 Å². The molecule has 0 aliphatic carbocycles. The Morgan fingerprint density at radius 3 is 2.73 bits per heavy atom. The Kier molecular flexibility index (Phi) is 5.15. The van der Waals surface area contributed by atoms with Gasteiger partial charge in [-0.25, -0.2) is 0 Å². The number of nitrogen functional groups attached to an aromatic ring is 1. The van der Waals surface area contributed by atoms with Crippen molar-refractivity contribution in [2.45, 2.75) is 32.4 Å². The number of hydrogen-bond acceptors (Lipinski definition) is 3. The predicted octanol–water partition coefficient (Wildman–Crippen LogP) is 1.52. The molecule has 0 heterocycles. The zero-order chi connectivity index (χ0) is 11.1. The summed E-state index contributed by atoms with van der Waals surface area (Å²) in [6.07, 6.45) is 1.82. The van der Waals surface area contributed by atoms with E-state index in [2.05, 4.69) is 12.2 Å². The quantitative estimate of drug-likeness (QED) is 0.621. The average molecular weight is 208 g/mol. The van der Waals surface area contributed by atoms with Crippen molar-refractivity contribution in [1.29, 1.82) is 0 Å². The summed E-state index contributed by atoms with van der Waals surface area (Å²) in [5, 5.41) is 12.2. The summed E-state index contributed by atoms with van der Waals surface area (Å²) < 4.78 is 0. The molecule has 3 nitrogen and oxygen atoms in total. The summed E-state index contributed by atoms with van der Waals surface area (Å²) >= 11 is 0. The normalized spacial score (nSPS) is 12.7. The first-order valence-electron chi connectivity index (χ1n) is 5.45. The lowest BCUT2D eigenvalue weighted by molar-refractivity contribution is 0.262. The van der Waals surface area contributed by atoms with Crippen molar-refractivity contribution in [1.82, 2.24) is 5.32 Å². The summed E-state index contributed by atoms with van der Waals surface area (Å²) in [5.74, 6) is 0. The second-order valence-corrected chi connectivity index (χ2v) is 3.70. The van der Waals surface area contributed by atoms with Crippen molar-refractivity contribution in [2.24, 2.45) is 0 Å². The average Bonchev–Trinajstić information content (AvgIpc) is 2.26. The van der Waals surface area contributed by atoms with E-state index in [4.69, 9.17) is 10.8 Å². The lowest BCUT2D eigenvalue weighted by Gasteiger charge is -2.16. The highest BCUT2D eigenvalue weighted by Gasteiger charge is 2.05. The first-order chi connectivity index (χ1) is 7.27. The van der Waals surface area contributed by atoms with Crippen molar-refractivity contribution < 1.29 is 5.11 Å². The molecule has 1 aromatic carbocycles. The predicted molar refractivity (Wildman–Crippen MR) is 63.5 cm³/mol. The van der Waals surface area contributed by atoms with Crippen LogP contribution < -0.4 is 11.1 Å². The van der Waals surface area contributed by atoms with Crippen molar-refractivity contribution in [2.75, 3.05) is 12.3 Å². The van der Waals surface area contributed by atoms with Crippen LogP contribution in [0.25, 0.3) is 0 Å². The van der Waals surface area contributed by atoms with E-state index in [1.165, 1.54) is 0 Å². The van der Waals surface area contributed by atoms with Gasteiger partial charge in [-0.2, -0.15) is 0 Å².